The summed E-state index contributed by atoms with van der Waals surface area (Å²) < 4.78 is 28.6. The van der Waals surface area contributed by atoms with Crippen LogP contribution in [0.25, 0.3) is 33.4 Å². The number of hydrogen-bond donors (Lipinski definition) is 2. The van der Waals surface area contributed by atoms with Gasteiger partial charge in [0.1, 0.15) is 28.8 Å². The van der Waals surface area contributed by atoms with Gasteiger partial charge in [0.15, 0.2) is 0 Å². The first-order chi connectivity index (χ1) is 15.1. The van der Waals surface area contributed by atoms with Crippen molar-refractivity contribution < 1.29 is 8.78 Å². The largest absolute Gasteiger partial charge is 0.355 e. The van der Waals surface area contributed by atoms with E-state index < -0.39 is 11.6 Å². The van der Waals surface area contributed by atoms with Crippen LogP contribution in [0.15, 0.2) is 48.8 Å². The first-order valence-corrected chi connectivity index (χ1v) is 10.3. The summed E-state index contributed by atoms with van der Waals surface area (Å²) in [5.41, 5.74) is 2.36. The maximum absolute atomic E-state index is 14.3. The summed E-state index contributed by atoms with van der Waals surface area (Å²) >= 11 is 0. The first kappa shape index (κ1) is 19.6. The number of fused-ring (bicyclic) bond motifs is 1. The van der Waals surface area contributed by atoms with E-state index in [0.29, 0.717) is 23.0 Å². The maximum Gasteiger partial charge on any atom is 0.147 e. The summed E-state index contributed by atoms with van der Waals surface area (Å²) in [5, 5.41) is 11.5. The highest BCUT2D eigenvalue weighted by molar-refractivity contribution is 5.95. The molecule has 0 aliphatic carbocycles. The van der Waals surface area contributed by atoms with Crippen LogP contribution in [0.3, 0.4) is 0 Å². The van der Waals surface area contributed by atoms with Crippen molar-refractivity contribution in [2.45, 2.75) is 18.9 Å². The predicted octanol–water partition coefficient (Wildman–Crippen LogP) is 4.15. The van der Waals surface area contributed by atoms with E-state index in [1.165, 1.54) is 18.2 Å². The maximum atomic E-state index is 14.3. The lowest BCUT2D eigenvalue weighted by molar-refractivity contribution is 0.441. The summed E-state index contributed by atoms with van der Waals surface area (Å²) in [5.74, 6) is -0.429. The van der Waals surface area contributed by atoms with Crippen molar-refractivity contribution in [3.63, 3.8) is 0 Å². The van der Waals surface area contributed by atoms with Gasteiger partial charge in [-0.2, -0.15) is 5.10 Å². The smallest absolute Gasteiger partial charge is 0.147 e. The van der Waals surface area contributed by atoms with E-state index in [2.05, 4.69) is 25.4 Å². The third-order valence-corrected chi connectivity index (χ3v) is 5.90. The molecule has 0 spiro atoms. The summed E-state index contributed by atoms with van der Waals surface area (Å²) in [6.07, 6.45) is 5.50. The van der Waals surface area contributed by atoms with Crippen LogP contribution >= 0.6 is 0 Å². The number of rotatable bonds is 4. The van der Waals surface area contributed by atoms with Crippen LogP contribution in [0.2, 0.25) is 0 Å². The molecule has 4 aromatic rings. The zero-order chi connectivity index (χ0) is 21.4. The Balaban J connectivity index is 1.55. The number of anilines is 1. The predicted molar refractivity (Wildman–Crippen MR) is 117 cm³/mol. The molecule has 0 amide bonds. The van der Waals surface area contributed by atoms with Crippen molar-refractivity contribution in [2.75, 3.05) is 25.0 Å². The third-order valence-electron chi connectivity index (χ3n) is 5.90. The topological polar surface area (TPSA) is 69.7 Å². The van der Waals surface area contributed by atoms with E-state index in [0.717, 1.165) is 42.7 Å². The van der Waals surface area contributed by atoms with Gasteiger partial charge in [0, 0.05) is 18.5 Å². The Hall–Kier alpha value is -3.39. The lowest BCUT2D eigenvalue weighted by Crippen LogP contribution is -2.41. The Morgan fingerprint density at radius 3 is 2.58 bits per heavy atom. The van der Waals surface area contributed by atoms with Crippen molar-refractivity contribution in [3.05, 3.63) is 60.4 Å². The van der Waals surface area contributed by atoms with Crippen LogP contribution in [0, 0.1) is 11.6 Å². The second kappa shape index (κ2) is 8.03. The minimum Gasteiger partial charge on any atom is -0.355 e. The molecule has 1 aliphatic rings. The van der Waals surface area contributed by atoms with Crippen LogP contribution < -0.4 is 10.2 Å². The van der Waals surface area contributed by atoms with Crippen LogP contribution in [0.5, 0.6) is 0 Å². The van der Waals surface area contributed by atoms with E-state index in [1.54, 1.807) is 30.6 Å². The Bertz CT molecular complexity index is 1210. The average molecular weight is 420 g/mol. The van der Waals surface area contributed by atoms with Gasteiger partial charge < -0.3 is 10.2 Å². The number of piperidine rings is 1. The van der Waals surface area contributed by atoms with Crippen LogP contribution in [0.1, 0.15) is 12.8 Å². The minimum atomic E-state index is -0.602. The summed E-state index contributed by atoms with van der Waals surface area (Å²) in [4.78, 5) is 11.3. The standard InChI is InChI=1S/C23H22F2N6/c1-31(15-7-9-26-10-8-15)21-13-27-12-20(28-21)23-16-11-14(5-6-19(16)29-30-23)22-17(24)3-2-4-18(22)25/h2-6,11-13,15,26H,7-10H2,1H3,(H,29,30). The molecule has 0 unspecified atom stereocenters. The van der Waals surface area contributed by atoms with Crippen LogP contribution in [-0.4, -0.2) is 46.3 Å². The molecule has 2 aromatic carbocycles. The van der Waals surface area contributed by atoms with Crippen molar-refractivity contribution in [3.8, 4) is 22.5 Å². The SMILES string of the molecule is CN(c1cncc(-c2n[nH]c3ccc(-c4c(F)cccc4F)cc23)n1)C1CCNCC1. The van der Waals surface area contributed by atoms with Gasteiger partial charge in [-0.05, 0) is 55.8 Å². The number of benzene rings is 2. The van der Waals surface area contributed by atoms with E-state index >= 15 is 0 Å². The van der Waals surface area contributed by atoms with E-state index in [9.17, 15) is 8.78 Å². The zero-order valence-electron chi connectivity index (χ0n) is 17.1. The quantitative estimate of drug-likeness (QED) is 0.519. The van der Waals surface area contributed by atoms with Gasteiger partial charge in [-0.1, -0.05) is 12.1 Å². The monoisotopic (exact) mass is 420 g/mol. The fourth-order valence-corrected chi connectivity index (χ4v) is 4.16. The Labute approximate surface area is 178 Å². The normalized spacial score (nSPS) is 14.8. The highest BCUT2D eigenvalue weighted by atomic mass is 19.1. The van der Waals surface area contributed by atoms with Gasteiger partial charge in [0.25, 0.3) is 0 Å². The molecule has 2 N–H and O–H groups in total. The highest BCUT2D eigenvalue weighted by Crippen LogP contribution is 2.32. The molecule has 1 fully saturated rings. The molecule has 0 bridgehead atoms. The third kappa shape index (κ3) is 3.63. The lowest BCUT2D eigenvalue weighted by Gasteiger charge is -2.32. The van der Waals surface area contributed by atoms with E-state index in [1.807, 2.05) is 7.05 Å². The van der Waals surface area contributed by atoms with Gasteiger partial charge in [-0.3, -0.25) is 10.1 Å². The van der Waals surface area contributed by atoms with Crippen molar-refractivity contribution in [1.82, 2.24) is 25.5 Å². The van der Waals surface area contributed by atoms with Gasteiger partial charge >= 0.3 is 0 Å². The molecule has 0 atom stereocenters. The molecule has 6 nitrogen and oxygen atoms in total. The minimum absolute atomic E-state index is 0.0537. The lowest BCUT2D eigenvalue weighted by atomic mass is 10.0. The van der Waals surface area contributed by atoms with Crippen LogP contribution in [-0.2, 0) is 0 Å². The van der Waals surface area contributed by atoms with E-state index in [-0.39, 0.29) is 5.56 Å². The molecule has 8 heteroatoms. The molecule has 5 rings (SSSR count). The number of aromatic amines is 1. The van der Waals surface area contributed by atoms with E-state index in [4.69, 9.17) is 4.98 Å². The van der Waals surface area contributed by atoms with Crippen molar-refractivity contribution in [2.24, 2.45) is 0 Å². The Morgan fingerprint density at radius 2 is 1.81 bits per heavy atom. The molecular weight excluding hydrogens is 398 g/mol. The molecule has 31 heavy (non-hydrogen) atoms. The number of halogens is 2. The number of H-pyrrole nitrogens is 1. The van der Waals surface area contributed by atoms with Gasteiger partial charge in [-0.15, -0.1) is 0 Å². The molecule has 0 saturated carbocycles. The molecule has 2 aromatic heterocycles. The zero-order valence-corrected chi connectivity index (χ0v) is 17.1. The number of nitrogens with one attached hydrogen (secondary N) is 2. The number of aromatic nitrogens is 4. The molecular formula is C23H22F2N6. The molecule has 1 aliphatic heterocycles. The molecule has 3 heterocycles. The first-order valence-electron chi connectivity index (χ1n) is 10.3. The Morgan fingerprint density at radius 1 is 1.03 bits per heavy atom. The van der Waals surface area contributed by atoms with Crippen LogP contribution in [0.4, 0.5) is 14.6 Å². The van der Waals surface area contributed by atoms with Gasteiger partial charge in [0.05, 0.1) is 23.5 Å². The highest BCUT2D eigenvalue weighted by Gasteiger charge is 2.21. The average Bonchev–Trinajstić information content (AvgIpc) is 3.22. The molecule has 158 valence electrons. The summed E-state index contributed by atoms with van der Waals surface area (Å²) in [6.45, 7) is 1.98. The van der Waals surface area contributed by atoms with Crippen molar-refractivity contribution in [1.29, 1.82) is 0 Å². The summed E-state index contributed by atoms with van der Waals surface area (Å²) in [6, 6.07) is 9.45. The number of nitrogens with zero attached hydrogens (tertiary/aromatic N) is 4. The summed E-state index contributed by atoms with van der Waals surface area (Å²) in [7, 11) is 2.03. The van der Waals surface area contributed by atoms with Gasteiger partial charge in [-0.25, -0.2) is 13.8 Å². The van der Waals surface area contributed by atoms with Crippen molar-refractivity contribution >= 4 is 16.7 Å². The Kier molecular flexibility index (Phi) is 5.07. The number of hydrogen-bond acceptors (Lipinski definition) is 5. The second-order valence-electron chi connectivity index (χ2n) is 7.78. The molecule has 1 saturated heterocycles. The molecule has 0 radical (unpaired) electrons. The van der Waals surface area contributed by atoms with Gasteiger partial charge in [0.2, 0.25) is 0 Å². The second-order valence-corrected chi connectivity index (χ2v) is 7.78. The fraction of sp³-hybridized carbons (Fsp3) is 0.261. The fourth-order valence-electron chi connectivity index (χ4n) is 4.16.